The molecule has 1 amide bonds. The molecule has 1 N–H and O–H groups in total. The van der Waals surface area contributed by atoms with Crippen LogP contribution in [-0.2, 0) is 23.0 Å². The van der Waals surface area contributed by atoms with E-state index in [1.807, 2.05) is 37.2 Å². The Bertz CT molecular complexity index is 922. The first kappa shape index (κ1) is 18.8. The van der Waals surface area contributed by atoms with E-state index in [9.17, 15) is 13.2 Å². The first-order valence-electron chi connectivity index (χ1n) is 8.35. The van der Waals surface area contributed by atoms with Gasteiger partial charge in [0, 0.05) is 49.7 Å². The molecule has 26 heavy (non-hydrogen) atoms. The molecular weight excluding hydrogens is 372 g/mol. The van der Waals surface area contributed by atoms with E-state index in [1.165, 1.54) is 15.6 Å². The summed E-state index contributed by atoms with van der Waals surface area (Å²) in [5, 5.41) is 3.34. The van der Waals surface area contributed by atoms with Crippen LogP contribution in [0.2, 0.25) is 0 Å². The molecule has 2 heterocycles. The molecule has 0 bridgehead atoms. The van der Waals surface area contributed by atoms with E-state index in [2.05, 4.69) is 10.3 Å². The number of hydrogen-bond donors (Lipinski definition) is 1. The van der Waals surface area contributed by atoms with E-state index in [0.717, 1.165) is 16.3 Å². The van der Waals surface area contributed by atoms with Gasteiger partial charge in [-0.05, 0) is 25.1 Å². The van der Waals surface area contributed by atoms with Crippen LogP contribution in [0, 0.1) is 0 Å². The number of benzene rings is 1. The summed E-state index contributed by atoms with van der Waals surface area (Å²) < 4.78 is 25.6. The van der Waals surface area contributed by atoms with Crippen molar-refractivity contribution in [1.29, 1.82) is 0 Å². The first-order chi connectivity index (χ1) is 12.3. The predicted octanol–water partition coefficient (Wildman–Crippen LogP) is 2.17. The third-order valence-corrected chi connectivity index (χ3v) is 7.13. The van der Waals surface area contributed by atoms with Crippen LogP contribution in [0.5, 0.6) is 0 Å². The summed E-state index contributed by atoms with van der Waals surface area (Å²) in [7, 11) is 0.624. The fourth-order valence-corrected chi connectivity index (χ4v) is 4.90. The van der Waals surface area contributed by atoms with Crippen LogP contribution in [0.1, 0.15) is 27.9 Å². The minimum Gasteiger partial charge on any atom is -0.378 e. The van der Waals surface area contributed by atoms with Gasteiger partial charge in [-0.3, -0.25) is 10.1 Å². The van der Waals surface area contributed by atoms with Crippen LogP contribution in [0.3, 0.4) is 0 Å². The maximum atomic E-state index is 12.5. The Labute approximate surface area is 157 Å². The van der Waals surface area contributed by atoms with Gasteiger partial charge in [0.25, 0.3) is 5.91 Å². The summed E-state index contributed by atoms with van der Waals surface area (Å²) in [5.74, 6) is -0.134. The molecule has 0 aliphatic carbocycles. The van der Waals surface area contributed by atoms with E-state index in [0.29, 0.717) is 30.2 Å². The largest absolute Gasteiger partial charge is 0.378 e. The summed E-state index contributed by atoms with van der Waals surface area (Å²) >= 11 is 1.34. The number of aromatic nitrogens is 1. The number of amides is 1. The van der Waals surface area contributed by atoms with Crippen molar-refractivity contribution in [3.8, 4) is 0 Å². The highest BCUT2D eigenvalue weighted by Gasteiger charge is 2.28. The molecule has 1 aromatic carbocycles. The SMILES string of the molecule is CCS(=O)(=O)N1CCc2nc(NC(=O)c3cccc(N(C)C)c3)sc2C1. The zero-order valence-corrected chi connectivity index (χ0v) is 16.7. The standard InChI is InChI=1S/C17H22N4O3S2/c1-4-26(23,24)21-9-8-14-15(11-21)25-17(18-14)19-16(22)12-6-5-7-13(10-12)20(2)3/h5-7,10H,4,8-9,11H2,1-3H3,(H,18,19,22). The molecule has 0 unspecified atom stereocenters. The summed E-state index contributed by atoms with van der Waals surface area (Å²) in [6.07, 6.45) is 0.567. The summed E-state index contributed by atoms with van der Waals surface area (Å²) in [4.78, 5) is 19.8. The van der Waals surface area contributed by atoms with E-state index < -0.39 is 10.0 Å². The molecule has 1 aromatic heterocycles. The molecule has 0 saturated heterocycles. The molecule has 9 heteroatoms. The number of sulfonamides is 1. The van der Waals surface area contributed by atoms with Crippen molar-refractivity contribution >= 4 is 38.1 Å². The van der Waals surface area contributed by atoms with Crippen molar-refractivity contribution < 1.29 is 13.2 Å². The highest BCUT2D eigenvalue weighted by atomic mass is 32.2. The minimum absolute atomic E-state index is 0.0902. The third kappa shape index (κ3) is 3.89. The van der Waals surface area contributed by atoms with Crippen LogP contribution in [0.4, 0.5) is 10.8 Å². The lowest BCUT2D eigenvalue weighted by atomic mass is 10.2. The Morgan fingerprint density at radius 1 is 1.38 bits per heavy atom. The van der Waals surface area contributed by atoms with E-state index >= 15 is 0 Å². The Hall–Kier alpha value is -1.97. The van der Waals surface area contributed by atoms with Crippen molar-refractivity contribution in [2.45, 2.75) is 19.9 Å². The molecule has 0 spiro atoms. The zero-order chi connectivity index (χ0) is 18.9. The van der Waals surface area contributed by atoms with Crippen LogP contribution in [0.15, 0.2) is 24.3 Å². The molecule has 0 fully saturated rings. The molecule has 0 atom stereocenters. The molecule has 0 saturated carbocycles. The molecule has 1 aliphatic rings. The molecule has 0 radical (unpaired) electrons. The number of nitrogens with one attached hydrogen (secondary N) is 1. The fourth-order valence-electron chi connectivity index (χ4n) is 2.74. The minimum atomic E-state index is -3.21. The van der Waals surface area contributed by atoms with Crippen molar-refractivity contribution in [2.24, 2.45) is 0 Å². The second-order valence-corrected chi connectivity index (χ2v) is 9.61. The highest BCUT2D eigenvalue weighted by molar-refractivity contribution is 7.89. The topological polar surface area (TPSA) is 82.6 Å². The third-order valence-electron chi connectivity index (χ3n) is 4.30. The molecule has 140 valence electrons. The van der Waals surface area contributed by atoms with Gasteiger partial charge in [0.2, 0.25) is 10.0 Å². The van der Waals surface area contributed by atoms with Gasteiger partial charge in [-0.1, -0.05) is 6.07 Å². The quantitative estimate of drug-likeness (QED) is 0.840. The summed E-state index contributed by atoms with van der Waals surface area (Å²) in [6.45, 7) is 2.41. The molecule has 7 nitrogen and oxygen atoms in total. The number of carbonyl (C=O) groups excluding carboxylic acids is 1. The van der Waals surface area contributed by atoms with Crippen LogP contribution >= 0.6 is 11.3 Å². The van der Waals surface area contributed by atoms with E-state index in [-0.39, 0.29) is 11.7 Å². The monoisotopic (exact) mass is 394 g/mol. The number of hydrogen-bond acceptors (Lipinski definition) is 6. The average molecular weight is 395 g/mol. The van der Waals surface area contributed by atoms with Gasteiger partial charge in [-0.25, -0.2) is 13.4 Å². The Morgan fingerprint density at radius 3 is 2.85 bits per heavy atom. The lowest BCUT2D eigenvalue weighted by Gasteiger charge is -2.24. The Kier molecular flexibility index (Phi) is 5.31. The zero-order valence-electron chi connectivity index (χ0n) is 15.0. The number of thiazole rings is 1. The molecule has 3 rings (SSSR count). The lowest BCUT2D eigenvalue weighted by molar-refractivity contribution is 0.102. The smallest absolute Gasteiger partial charge is 0.257 e. The van der Waals surface area contributed by atoms with Crippen LogP contribution in [-0.4, -0.2) is 50.0 Å². The van der Waals surface area contributed by atoms with Gasteiger partial charge in [-0.2, -0.15) is 4.31 Å². The van der Waals surface area contributed by atoms with E-state index in [1.54, 1.807) is 13.0 Å². The first-order valence-corrected chi connectivity index (χ1v) is 10.8. The number of rotatable bonds is 5. The van der Waals surface area contributed by atoms with Crippen molar-refractivity contribution in [3.05, 3.63) is 40.4 Å². The van der Waals surface area contributed by atoms with Gasteiger partial charge in [0.15, 0.2) is 5.13 Å². The van der Waals surface area contributed by atoms with Gasteiger partial charge in [0.1, 0.15) is 0 Å². The number of anilines is 2. The van der Waals surface area contributed by atoms with Crippen LogP contribution < -0.4 is 10.2 Å². The maximum absolute atomic E-state index is 12.5. The van der Waals surface area contributed by atoms with Gasteiger partial charge in [-0.15, -0.1) is 11.3 Å². The normalized spacial score (nSPS) is 14.7. The maximum Gasteiger partial charge on any atom is 0.257 e. The Balaban J connectivity index is 1.75. The Morgan fingerprint density at radius 2 is 2.15 bits per heavy atom. The number of carbonyl (C=O) groups is 1. The van der Waals surface area contributed by atoms with Crippen molar-refractivity contribution in [3.63, 3.8) is 0 Å². The van der Waals surface area contributed by atoms with Crippen molar-refractivity contribution in [2.75, 3.05) is 36.6 Å². The highest BCUT2D eigenvalue weighted by Crippen LogP contribution is 2.30. The number of nitrogens with zero attached hydrogens (tertiary/aromatic N) is 3. The molecular formula is C17H22N4O3S2. The average Bonchev–Trinajstić information content (AvgIpc) is 3.03. The summed E-state index contributed by atoms with van der Waals surface area (Å²) in [5.41, 5.74) is 2.37. The van der Waals surface area contributed by atoms with Gasteiger partial charge in [0.05, 0.1) is 11.4 Å². The molecule has 1 aliphatic heterocycles. The fraction of sp³-hybridized carbons (Fsp3) is 0.412. The molecule has 2 aromatic rings. The predicted molar refractivity (Wildman–Crippen MR) is 104 cm³/mol. The number of fused-ring (bicyclic) bond motifs is 1. The van der Waals surface area contributed by atoms with Gasteiger partial charge < -0.3 is 4.90 Å². The summed E-state index contributed by atoms with van der Waals surface area (Å²) in [6, 6.07) is 7.34. The lowest BCUT2D eigenvalue weighted by Crippen LogP contribution is -2.36. The van der Waals surface area contributed by atoms with E-state index in [4.69, 9.17) is 0 Å². The van der Waals surface area contributed by atoms with Crippen LogP contribution in [0.25, 0.3) is 0 Å². The van der Waals surface area contributed by atoms with Crippen molar-refractivity contribution in [1.82, 2.24) is 9.29 Å². The second-order valence-electron chi connectivity index (χ2n) is 6.27. The van der Waals surface area contributed by atoms with Gasteiger partial charge >= 0.3 is 0 Å². The second kappa shape index (κ2) is 7.34.